The summed E-state index contributed by atoms with van der Waals surface area (Å²) in [4.78, 5) is 16.5. The van der Waals surface area contributed by atoms with Crippen molar-refractivity contribution in [3.63, 3.8) is 0 Å². The highest BCUT2D eigenvalue weighted by Gasteiger charge is 2.32. The van der Waals surface area contributed by atoms with Crippen molar-refractivity contribution in [2.75, 3.05) is 32.5 Å². The average molecular weight is 275 g/mol. The molecule has 0 aromatic heterocycles. The molecule has 0 aliphatic heterocycles. The largest absolute Gasteiger partial charge is 0.322 e. The maximum Gasteiger partial charge on any atom is 0.322 e. The zero-order valence-corrected chi connectivity index (χ0v) is 12.9. The maximum atomic E-state index is 12.4. The Morgan fingerprint density at radius 2 is 1.95 bits per heavy atom. The lowest BCUT2D eigenvalue weighted by Crippen LogP contribution is -2.41. The minimum Gasteiger partial charge on any atom is -0.320 e. The number of nitrogens with one attached hydrogen (secondary N) is 1. The molecule has 1 aliphatic rings. The van der Waals surface area contributed by atoms with Crippen LogP contribution in [0.25, 0.3) is 0 Å². The van der Waals surface area contributed by atoms with Crippen molar-refractivity contribution in [3.05, 3.63) is 29.3 Å². The molecule has 4 nitrogen and oxygen atoms in total. The fraction of sp³-hybridized carbons (Fsp3) is 0.562. The number of benzene rings is 1. The average Bonchev–Trinajstić information content (AvgIpc) is 3.17. The lowest BCUT2D eigenvalue weighted by Gasteiger charge is -2.25. The van der Waals surface area contributed by atoms with E-state index in [0.29, 0.717) is 6.04 Å². The lowest BCUT2D eigenvalue weighted by molar-refractivity contribution is 0.202. The lowest BCUT2D eigenvalue weighted by atomic mass is 10.1. The van der Waals surface area contributed by atoms with Crippen LogP contribution in [0.1, 0.15) is 24.0 Å². The molecular formula is C16H25N3O. The Labute approximate surface area is 121 Å². The van der Waals surface area contributed by atoms with Crippen LogP contribution >= 0.6 is 0 Å². The summed E-state index contributed by atoms with van der Waals surface area (Å²) in [7, 11) is 4.07. The highest BCUT2D eigenvalue weighted by molar-refractivity contribution is 5.90. The second kappa shape index (κ2) is 6.27. The summed E-state index contributed by atoms with van der Waals surface area (Å²) in [6, 6.07) is 6.57. The van der Waals surface area contributed by atoms with E-state index >= 15 is 0 Å². The van der Waals surface area contributed by atoms with Gasteiger partial charge in [-0.3, -0.25) is 0 Å². The number of nitrogens with zero attached hydrogens (tertiary/aromatic N) is 2. The SMILES string of the molecule is Cc1ccc(NC(=O)N(CCN(C)C)C2CC2)c(C)c1. The first-order chi connectivity index (χ1) is 9.47. The number of urea groups is 1. The van der Waals surface area contributed by atoms with Crippen LogP contribution in [0.4, 0.5) is 10.5 Å². The second-order valence-corrected chi connectivity index (χ2v) is 5.98. The van der Waals surface area contributed by atoms with Gasteiger partial charge >= 0.3 is 6.03 Å². The van der Waals surface area contributed by atoms with E-state index in [0.717, 1.165) is 37.2 Å². The van der Waals surface area contributed by atoms with Crippen LogP contribution in [-0.4, -0.2) is 49.1 Å². The summed E-state index contributed by atoms with van der Waals surface area (Å²) in [5.74, 6) is 0. The van der Waals surface area contributed by atoms with E-state index in [1.165, 1.54) is 5.56 Å². The van der Waals surface area contributed by atoms with Gasteiger partial charge < -0.3 is 15.1 Å². The predicted molar refractivity (Wildman–Crippen MR) is 83.2 cm³/mol. The minimum atomic E-state index is 0.0290. The van der Waals surface area contributed by atoms with Gasteiger partial charge in [0.15, 0.2) is 0 Å². The van der Waals surface area contributed by atoms with Crippen molar-refractivity contribution < 1.29 is 4.79 Å². The monoisotopic (exact) mass is 275 g/mol. The van der Waals surface area contributed by atoms with Crippen LogP contribution in [0.5, 0.6) is 0 Å². The van der Waals surface area contributed by atoms with Gasteiger partial charge in [0.1, 0.15) is 0 Å². The number of carbonyl (C=O) groups excluding carboxylic acids is 1. The molecule has 1 N–H and O–H groups in total. The number of rotatable bonds is 5. The molecule has 4 heteroatoms. The molecule has 0 spiro atoms. The van der Waals surface area contributed by atoms with Crippen LogP contribution in [-0.2, 0) is 0 Å². The van der Waals surface area contributed by atoms with Gasteiger partial charge in [0.05, 0.1) is 0 Å². The summed E-state index contributed by atoms with van der Waals surface area (Å²) in [6.45, 7) is 5.78. The third kappa shape index (κ3) is 3.97. The van der Waals surface area contributed by atoms with Gasteiger partial charge in [0, 0.05) is 24.8 Å². The van der Waals surface area contributed by atoms with Crippen LogP contribution < -0.4 is 5.32 Å². The van der Waals surface area contributed by atoms with Crippen molar-refractivity contribution in [1.29, 1.82) is 0 Å². The van der Waals surface area contributed by atoms with Crippen LogP contribution in [0.15, 0.2) is 18.2 Å². The van der Waals surface area contributed by atoms with E-state index in [2.05, 4.69) is 23.2 Å². The van der Waals surface area contributed by atoms with E-state index in [-0.39, 0.29) is 6.03 Å². The Hall–Kier alpha value is -1.55. The molecule has 1 aromatic carbocycles. The molecule has 2 amide bonds. The van der Waals surface area contributed by atoms with E-state index in [9.17, 15) is 4.79 Å². The summed E-state index contributed by atoms with van der Waals surface area (Å²) >= 11 is 0. The first-order valence-electron chi connectivity index (χ1n) is 7.27. The van der Waals surface area contributed by atoms with Crippen LogP contribution in [0.2, 0.25) is 0 Å². The number of aryl methyl sites for hydroxylation is 2. The number of hydrogen-bond donors (Lipinski definition) is 1. The zero-order valence-electron chi connectivity index (χ0n) is 12.9. The molecule has 0 heterocycles. The van der Waals surface area contributed by atoms with Gasteiger partial charge in [-0.15, -0.1) is 0 Å². The van der Waals surface area contributed by atoms with E-state index in [1.54, 1.807) is 0 Å². The maximum absolute atomic E-state index is 12.4. The Morgan fingerprint density at radius 1 is 1.25 bits per heavy atom. The molecular weight excluding hydrogens is 250 g/mol. The highest BCUT2D eigenvalue weighted by atomic mass is 16.2. The number of hydrogen-bond acceptors (Lipinski definition) is 2. The van der Waals surface area contributed by atoms with Crippen molar-refractivity contribution in [2.45, 2.75) is 32.7 Å². The van der Waals surface area contributed by atoms with Gasteiger partial charge in [-0.1, -0.05) is 17.7 Å². The molecule has 1 aliphatic carbocycles. The first-order valence-corrected chi connectivity index (χ1v) is 7.27. The fourth-order valence-electron chi connectivity index (χ4n) is 2.28. The highest BCUT2D eigenvalue weighted by Crippen LogP contribution is 2.27. The van der Waals surface area contributed by atoms with E-state index in [1.807, 2.05) is 38.1 Å². The summed E-state index contributed by atoms with van der Waals surface area (Å²) in [5, 5.41) is 3.05. The van der Waals surface area contributed by atoms with Gasteiger partial charge in [-0.05, 0) is 52.4 Å². The molecule has 0 atom stereocenters. The molecule has 110 valence electrons. The van der Waals surface area contributed by atoms with Crippen LogP contribution in [0, 0.1) is 13.8 Å². The van der Waals surface area contributed by atoms with E-state index < -0.39 is 0 Å². The molecule has 0 unspecified atom stereocenters. The Kier molecular flexibility index (Phi) is 4.65. The molecule has 0 bridgehead atoms. The van der Waals surface area contributed by atoms with E-state index in [4.69, 9.17) is 0 Å². The molecule has 2 rings (SSSR count). The van der Waals surface area contributed by atoms with Crippen molar-refractivity contribution in [1.82, 2.24) is 9.80 Å². The van der Waals surface area contributed by atoms with Crippen molar-refractivity contribution in [2.24, 2.45) is 0 Å². The Bertz CT molecular complexity index is 481. The topological polar surface area (TPSA) is 35.6 Å². The Morgan fingerprint density at radius 3 is 2.50 bits per heavy atom. The molecule has 0 radical (unpaired) electrons. The van der Waals surface area contributed by atoms with Crippen molar-refractivity contribution in [3.8, 4) is 0 Å². The molecule has 1 saturated carbocycles. The molecule has 20 heavy (non-hydrogen) atoms. The minimum absolute atomic E-state index is 0.0290. The zero-order chi connectivity index (χ0) is 14.7. The molecule has 1 fully saturated rings. The predicted octanol–water partition coefficient (Wildman–Crippen LogP) is 2.86. The smallest absolute Gasteiger partial charge is 0.320 e. The van der Waals surface area contributed by atoms with Gasteiger partial charge in [0.2, 0.25) is 0 Å². The third-order valence-corrected chi connectivity index (χ3v) is 3.66. The summed E-state index contributed by atoms with van der Waals surface area (Å²) in [6.07, 6.45) is 2.27. The number of carbonyl (C=O) groups is 1. The third-order valence-electron chi connectivity index (χ3n) is 3.66. The second-order valence-electron chi connectivity index (χ2n) is 5.98. The number of amides is 2. The Balaban J connectivity index is 2.00. The van der Waals surface area contributed by atoms with Crippen LogP contribution in [0.3, 0.4) is 0 Å². The first kappa shape index (κ1) is 14.9. The standard InChI is InChI=1S/C16H25N3O/c1-12-5-8-15(13(2)11-12)17-16(20)19(14-6-7-14)10-9-18(3)4/h5,8,11,14H,6-7,9-10H2,1-4H3,(H,17,20). The molecule has 0 saturated heterocycles. The normalized spacial score (nSPS) is 14.4. The van der Waals surface area contributed by atoms with Gasteiger partial charge in [-0.2, -0.15) is 0 Å². The van der Waals surface area contributed by atoms with Crippen molar-refractivity contribution >= 4 is 11.7 Å². The fourth-order valence-corrected chi connectivity index (χ4v) is 2.28. The number of likely N-dealkylation sites (N-methyl/N-ethyl adjacent to an activating group) is 1. The molecule has 1 aromatic rings. The van der Waals surface area contributed by atoms with Gasteiger partial charge in [-0.25, -0.2) is 4.79 Å². The summed E-state index contributed by atoms with van der Waals surface area (Å²) in [5.41, 5.74) is 3.24. The quantitative estimate of drug-likeness (QED) is 0.897. The number of anilines is 1. The summed E-state index contributed by atoms with van der Waals surface area (Å²) < 4.78 is 0. The van der Waals surface area contributed by atoms with Gasteiger partial charge in [0.25, 0.3) is 0 Å².